The number of aliphatic hydroxyl groups excluding tert-OH is 1. The molecule has 0 aliphatic heterocycles. The minimum Gasteiger partial charge on any atom is -0.396 e. The van der Waals surface area contributed by atoms with Crippen LogP contribution in [-0.2, 0) is 6.42 Å². The van der Waals surface area contributed by atoms with Crippen LogP contribution in [0.3, 0.4) is 0 Å². The van der Waals surface area contributed by atoms with Crippen LogP contribution >= 0.6 is 0 Å². The summed E-state index contributed by atoms with van der Waals surface area (Å²) < 4.78 is 0. The molecule has 0 aromatic heterocycles. The van der Waals surface area contributed by atoms with E-state index in [1.165, 1.54) is 5.56 Å². The number of aliphatic hydroxyl groups is 1. The Labute approximate surface area is 98.7 Å². The molecule has 0 fully saturated rings. The summed E-state index contributed by atoms with van der Waals surface area (Å²) in [6.07, 6.45) is 2.05. The van der Waals surface area contributed by atoms with E-state index in [4.69, 9.17) is 0 Å². The van der Waals surface area contributed by atoms with Gasteiger partial charge in [0.05, 0.1) is 6.61 Å². The van der Waals surface area contributed by atoms with Crippen LogP contribution in [0.2, 0.25) is 0 Å². The average molecular weight is 221 g/mol. The molecule has 0 spiro atoms. The summed E-state index contributed by atoms with van der Waals surface area (Å²) in [6.45, 7) is 7.40. The van der Waals surface area contributed by atoms with Crippen LogP contribution in [0.1, 0.15) is 32.8 Å². The third kappa shape index (κ3) is 3.53. The Balaban J connectivity index is 2.54. The highest BCUT2D eigenvalue weighted by molar-refractivity contribution is 5.44. The van der Waals surface area contributed by atoms with Gasteiger partial charge in [0.15, 0.2) is 0 Å². The first kappa shape index (κ1) is 13.0. The van der Waals surface area contributed by atoms with Gasteiger partial charge >= 0.3 is 0 Å². The zero-order chi connectivity index (χ0) is 12.0. The van der Waals surface area contributed by atoms with Crippen molar-refractivity contribution >= 4 is 5.69 Å². The molecule has 0 aliphatic rings. The highest BCUT2D eigenvalue weighted by atomic mass is 16.3. The summed E-state index contributed by atoms with van der Waals surface area (Å²) in [5.74, 6) is 0. The topological polar surface area (TPSA) is 32.3 Å². The molecule has 2 nitrogen and oxygen atoms in total. The van der Waals surface area contributed by atoms with Crippen LogP contribution in [0.15, 0.2) is 24.3 Å². The number of hydrogen-bond acceptors (Lipinski definition) is 2. The van der Waals surface area contributed by atoms with E-state index in [9.17, 15) is 5.11 Å². The van der Waals surface area contributed by atoms with Crippen molar-refractivity contribution in [1.82, 2.24) is 0 Å². The maximum atomic E-state index is 9.31. The van der Waals surface area contributed by atoms with Gasteiger partial charge in [-0.05, 0) is 30.5 Å². The van der Waals surface area contributed by atoms with Gasteiger partial charge in [0.2, 0.25) is 0 Å². The maximum Gasteiger partial charge on any atom is 0.0501 e. The zero-order valence-electron chi connectivity index (χ0n) is 10.6. The summed E-state index contributed by atoms with van der Waals surface area (Å²) in [6, 6.07) is 8.49. The standard InChI is InChI=1S/C14H23NO/c1-4-12-6-8-13(9-7-12)15-10-14(3,5-2)11-16/h6-9,15-16H,4-5,10-11H2,1-3H3. The molecule has 1 aromatic carbocycles. The van der Waals surface area contributed by atoms with Gasteiger partial charge in [0.25, 0.3) is 0 Å². The fourth-order valence-corrected chi connectivity index (χ4v) is 1.47. The number of benzene rings is 1. The Hall–Kier alpha value is -1.02. The quantitative estimate of drug-likeness (QED) is 0.773. The van der Waals surface area contributed by atoms with E-state index < -0.39 is 0 Å². The lowest BCUT2D eigenvalue weighted by atomic mass is 9.88. The van der Waals surface area contributed by atoms with Crippen LogP contribution in [0.4, 0.5) is 5.69 Å². The predicted molar refractivity (Wildman–Crippen MR) is 69.8 cm³/mol. The second-order valence-corrected chi connectivity index (χ2v) is 4.73. The minimum atomic E-state index is -0.0244. The van der Waals surface area contributed by atoms with Gasteiger partial charge in [0.1, 0.15) is 0 Å². The Kier molecular flexibility index (Phi) is 4.81. The van der Waals surface area contributed by atoms with Crippen molar-refractivity contribution in [2.75, 3.05) is 18.5 Å². The van der Waals surface area contributed by atoms with E-state index in [0.717, 1.165) is 25.1 Å². The molecule has 2 N–H and O–H groups in total. The summed E-state index contributed by atoms with van der Waals surface area (Å²) in [5, 5.41) is 12.7. The summed E-state index contributed by atoms with van der Waals surface area (Å²) >= 11 is 0. The Morgan fingerprint density at radius 1 is 1.19 bits per heavy atom. The largest absolute Gasteiger partial charge is 0.396 e. The highest BCUT2D eigenvalue weighted by Crippen LogP contribution is 2.21. The van der Waals surface area contributed by atoms with E-state index in [1.807, 2.05) is 0 Å². The normalized spacial score (nSPS) is 14.5. The molecule has 90 valence electrons. The van der Waals surface area contributed by atoms with Gasteiger partial charge in [-0.15, -0.1) is 0 Å². The molecule has 1 rings (SSSR count). The Morgan fingerprint density at radius 2 is 1.81 bits per heavy atom. The number of anilines is 1. The van der Waals surface area contributed by atoms with Crippen molar-refractivity contribution in [1.29, 1.82) is 0 Å². The number of aryl methyl sites for hydroxylation is 1. The molecular weight excluding hydrogens is 198 g/mol. The van der Waals surface area contributed by atoms with Gasteiger partial charge in [-0.3, -0.25) is 0 Å². The summed E-state index contributed by atoms with van der Waals surface area (Å²) in [5.41, 5.74) is 2.46. The lowest BCUT2D eigenvalue weighted by Gasteiger charge is -2.26. The van der Waals surface area contributed by atoms with E-state index in [2.05, 4.69) is 50.4 Å². The lowest BCUT2D eigenvalue weighted by molar-refractivity contribution is 0.149. The van der Waals surface area contributed by atoms with Crippen molar-refractivity contribution in [3.63, 3.8) is 0 Å². The first-order valence-corrected chi connectivity index (χ1v) is 6.07. The fraction of sp³-hybridized carbons (Fsp3) is 0.571. The van der Waals surface area contributed by atoms with Gasteiger partial charge in [0, 0.05) is 17.6 Å². The zero-order valence-corrected chi connectivity index (χ0v) is 10.6. The lowest BCUT2D eigenvalue weighted by Crippen LogP contribution is -2.29. The molecule has 0 radical (unpaired) electrons. The molecule has 2 heteroatoms. The monoisotopic (exact) mass is 221 g/mol. The van der Waals surface area contributed by atoms with Crippen LogP contribution in [-0.4, -0.2) is 18.3 Å². The first-order chi connectivity index (χ1) is 7.63. The van der Waals surface area contributed by atoms with Crippen LogP contribution in [0.5, 0.6) is 0 Å². The number of nitrogens with one attached hydrogen (secondary N) is 1. The van der Waals surface area contributed by atoms with E-state index in [-0.39, 0.29) is 12.0 Å². The van der Waals surface area contributed by atoms with Crippen molar-refractivity contribution in [3.05, 3.63) is 29.8 Å². The SMILES string of the molecule is CCc1ccc(NCC(C)(CC)CO)cc1. The van der Waals surface area contributed by atoms with E-state index in [0.29, 0.717) is 0 Å². The van der Waals surface area contributed by atoms with Gasteiger partial charge in [-0.25, -0.2) is 0 Å². The second kappa shape index (κ2) is 5.90. The van der Waals surface area contributed by atoms with Crippen LogP contribution in [0, 0.1) is 5.41 Å². The molecule has 0 amide bonds. The summed E-state index contributed by atoms with van der Waals surface area (Å²) in [7, 11) is 0. The van der Waals surface area contributed by atoms with E-state index in [1.54, 1.807) is 0 Å². The maximum absolute atomic E-state index is 9.31. The van der Waals surface area contributed by atoms with Crippen LogP contribution < -0.4 is 5.32 Å². The van der Waals surface area contributed by atoms with Gasteiger partial charge in [-0.2, -0.15) is 0 Å². The second-order valence-electron chi connectivity index (χ2n) is 4.73. The smallest absolute Gasteiger partial charge is 0.0501 e. The highest BCUT2D eigenvalue weighted by Gasteiger charge is 2.20. The molecule has 16 heavy (non-hydrogen) atoms. The molecule has 0 saturated heterocycles. The van der Waals surface area contributed by atoms with Crippen LogP contribution in [0.25, 0.3) is 0 Å². The van der Waals surface area contributed by atoms with Crippen molar-refractivity contribution in [2.45, 2.75) is 33.6 Å². The van der Waals surface area contributed by atoms with E-state index >= 15 is 0 Å². The summed E-state index contributed by atoms with van der Waals surface area (Å²) in [4.78, 5) is 0. The minimum absolute atomic E-state index is 0.0244. The van der Waals surface area contributed by atoms with Gasteiger partial charge in [-0.1, -0.05) is 32.9 Å². The van der Waals surface area contributed by atoms with Crippen molar-refractivity contribution in [3.8, 4) is 0 Å². The molecule has 0 bridgehead atoms. The van der Waals surface area contributed by atoms with Crippen molar-refractivity contribution < 1.29 is 5.11 Å². The third-order valence-corrected chi connectivity index (χ3v) is 3.32. The Bertz CT molecular complexity index is 301. The predicted octanol–water partition coefficient (Wildman–Crippen LogP) is 3.07. The first-order valence-electron chi connectivity index (χ1n) is 6.07. The molecule has 1 atom stereocenters. The van der Waals surface area contributed by atoms with Crippen molar-refractivity contribution in [2.24, 2.45) is 5.41 Å². The average Bonchev–Trinajstić information content (AvgIpc) is 2.36. The number of rotatable bonds is 6. The molecular formula is C14H23NO. The molecule has 0 heterocycles. The molecule has 1 aromatic rings. The molecule has 1 unspecified atom stereocenters. The number of hydrogen-bond donors (Lipinski definition) is 2. The molecule has 0 aliphatic carbocycles. The Morgan fingerprint density at radius 3 is 2.25 bits per heavy atom. The fourth-order valence-electron chi connectivity index (χ4n) is 1.47. The van der Waals surface area contributed by atoms with Gasteiger partial charge < -0.3 is 10.4 Å². The molecule has 0 saturated carbocycles. The third-order valence-electron chi connectivity index (χ3n) is 3.32.